The van der Waals surface area contributed by atoms with E-state index >= 15 is 0 Å². The Hall–Kier alpha value is -0.380. The van der Waals surface area contributed by atoms with Gasteiger partial charge in [0.15, 0.2) is 0 Å². The van der Waals surface area contributed by atoms with Crippen molar-refractivity contribution in [2.45, 2.75) is 6.42 Å². The zero-order valence-corrected chi connectivity index (χ0v) is 11.1. The first-order chi connectivity index (χ1) is 7.75. The Kier molecular flexibility index (Phi) is 2.78. The average molecular weight is 300 g/mol. The Morgan fingerprint density at radius 2 is 2.31 bits per heavy atom. The summed E-state index contributed by atoms with van der Waals surface area (Å²) in [4.78, 5) is 4.26. The Bertz CT molecular complexity index is 458. The van der Waals surface area contributed by atoms with Gasteiger partial charge >= 0.3 is 0 Å². The van der Waals surface area contributed by atoms with E-state index in [1.54, 1.807) is 0 Å². The molecule has 0 radical (unpaired) electrons. The number of aromatic nitrogens is 1. The second-order valence-electron chi connectivity index (χ2n) is 4.42. The van der Waals surface area contributed by atoms with Crippen molar-refractivity contribution in [3.05, 3.63) is 33.5 Å². The minimum atomic E-state index is 0.652. The molecule has 0 aromatic carbocycles. The zero-order chi connectivity index (χ0) is 11.1. The molecule has 1 saturated heterocycles. The SMILES string of the molecule is Clc1cc(C2=CC[C@@H]3CNC[C@H]23)cnc1Br. The van der Waals surface area contributed by atoms with Crippen LogP contribution in [0.15, 0.2) is 22.9 Å². The van der Waals surface area contributed by atoms with E-state index in [0.717, 1.165) is 23.6 Å². The predicted octanol–water partition coefficient (Wildman–Crippen LogP) is 3.12. The lowest BCUT2D eigenvalue weighted by Gasteiger charge is -2.13. The molecule has 1 aliphatic heterocycles. The fourth-order valence-corrected chi connectivity index (χ4v) is 3.07. The molecule has 0 amide bonds. The highest BCUT2D eigenvalue weighted by atomic mass is 79.9. The molecule has 16 heavy (non-hydrogen) atoms. The van der Waals surface area contributed by atoms with Crippen LogP contribution in [0.3, 0.4) is 0 Å². The fourth-order valence-electron chi connectivity index (χ4n) is 2.69. The van der Waals surface area contributed by atoms with Crippen LogP contribution in [0.1, 0.15) is 12.0 Å². The highest BCUT2D eigenvalue weighted by Crippen LogP contribution is 2.40. The molecule has 1 aromatic heterocycles. The minimum absolute atomic E-state index is 0.652. The van der Waals surface area contributed by atoms with Crippen molar-refractivity contribution in [2.75, 3.05) is 13.1 Å². The van der Waals surface area contributed by atoms with E-state index in [-0.39, 0.29) is 0 Å². The van der Waals surface area contributed by atoms with Crippen LogP contribution in [0.25, 0.3) is 5.57 Å². The van der Waals surface area contributed by atoms with E-state index in [2.05, 4.69) is 32.3 Å². The second-order valence-corrected chi connectivity index (χ2v) is 5.57. The lowest BCUT2D eigenvalue weighted by Crippen LogP contribution is -2.10. The first-order valence-electron chi connectivity index (χ1n) is 5.48. The molecule has 84 valence electrons. The first kappa shape index (κ1) is 10.8. The largest absolute Gasteiger partial charge is 0.316 e. The molecule has 0 saturated carbocycles. The van der Waals surface area contributed by atoms with Gasteiger partial charge in [-0.25, -0.2) is 4.98 Å². The summed E-state index contributed by atoms with van der Waals surface area (Å²) in [6.45, 7) is 2.23. The molecule has 1 fully saturated rings. The normalized spacial score (nSPS) is 28.0. The van der Waals surface area contributed by atoms with Gasteiger partial charge in [-0.05, 0) is 52.0 Å². The number of hydrogen-bond donors (Lipinski definition) is 1. The van der Waals surface area contributed by atoms with Crippen LogP contribution < -0.4 is 5.32 Å². The maximum atomic E-state index is 6.08. The molecule has 4 heteroatoms. The number of nitrogens with zero attached hydrogens (tertiary/aromatic N) is 1. The highest BCUT2D eigenvalue weighted by Gasteiger charge is 2.34. The Balaban J connectivity index is 1.95. The van der Waals surface area contributed by atoms with E-state index in [9.17, 15) is 0 Å². The highest BCUT2D eigenvalue weighted by molar-refractivity contribution is 9.10. The monoisotopic (exact) mass is 298 g/mol. The van der Waals surface area contributed by atoms with Crippen molar-refractivity contribution in [2.24, 2.45) is 11.8 Å². The van der Waals surface area contributed by atoms with Crippen molar-refractivity contribution < 1.29 is 0 Å². The van der Waals surface area contributed by atoms with Crippen molar-refractivity contribution in [1.29, 1.82) is 0 Å². The molecule has 0 unspecified atom stereocenters. The van der Waals surface area contributed by atoms with E-state index in [1.807, 2.05) is 12.3 Å². The minimum Gasteiger partial charge on any atom is -0.316 e. The third-order valence-corrected chi connectivity index (χ3v) is 4.66. The van der Waals surface area contributed by atoms with E-state index in [4.69, 9.17) is 11.6 Å². The third kappa shape index (κ3) is 1.71. The van der Waals surface area contributed by atoms with Gasteiger partial charge in [0.2, 0.25) is 0 Å². The maximum Gasteiger partial charge on any atom is 0.124 e. The van der Waals surface area contributed by atoms with Gasteiger partial charge in [-0.2, -0.15) is 0 Å². The van der Waals surface area contributed by atoms with Crippen LogP contribution in [0.2, 0.25) is 5.02 Å². The van der Waals surface area contributed by atoms with Gasteiger partial charge in [0.25, 0.3) is 0 Å². The summed E-state index contributed by atoms with van der Waals surface area (Å²) < 4.78 is 0.720. The number of allylic oxidation sites excluding steroid dienone is 1. The Labute approximate surface area is 108 Å². The summed E-state index contributed by atoms with van der Waals surface area (Å²) in [5, 5.41) is 4.13. The van der Waals surface area contributed by atoms with Crippen molar-refractivity contribution >= 4 is 33.1 Å². The summed E-state index contributed by atoms with van der Waals surface area (Å²) in [6.07, 6.45) is 5.43. The summed E-state index contributed by atoms with van der Waals surface area (Å²) in [5.41, 5.74) is 2.58. The Morgan fingerprint density at radius 1 is 1.44 bits per heavy atom. The molecule has 0 spiro atoms. The fraction of sp³-hybridized carbons (Fsp3) is 0.417. The lowest BCUT2D eigenvalue weighted by atomic mass is 9.91. The van der Waals surface area contributed by atoms with Gasteiger partial charge in [-0.3, -0.25) is 0 Å². The van der Waals surface area contributed by atoms with Crippen molar-refractivity contribution in [1.82, 2.24) is 10.3 Å². The summed E-state index contributed by atoms with van der Waals surface area (Å²) >= 11 is 9.40. The molecule has 2 aliphatic rings. The number of hydrogen-bond acceptors (Lipinski definition) is 2. The number of rotatable bonds is 1. The van der Waals surface area contributed by atoms with Crippen LogP contribution >= 0.6 is 27.5 Å². The summed E-state index contributed by atoms with van der Waals surface area (Å²) in [6, 6.07) is 2.01. The molecule has 1 aromatic rings. The van der Waals surface area contributed by atoms with Gasteiger partial charge in [0.05, 0.1) is 5.02 Å². The van der Waals surface area contributed by atoms with Gasteiger partial charge in [-0.15, -0.1) is 0 Å². The zero-order valence-electron chi connectivity index (χ0n) is 8.71. The molecule has 2 atom stereocenters. The lowest BCUT2D eigenvalue weighted by molar-refractivity contribution is 0.542. The average Bonchev–Trinajstić information content (AvgIpc) is 2.83. The van der Waals surface area contributed by atoms with Crippen LogP contribution in [0.4, 0.5) is 0 Å². The van der Waals surface area contributed by atoms with Crippen LogP contribution in [-0.4, -0.2) is 18.1 Å². The number of pyridine rings is 1. The molecule has 0 bridgehead atoms. The molecular formula is C12H12BrClN2. The topological polar surface area (TPSA) is 24.9 Å². The van der Waals surface area contributed by atoms with Crippen molar-refractivity contribution in [3.63, 3.8) is 0 Å². The molecule has 1 aliphatic carbocycles. The standard InChI is InChI=1S/C12H12BrClN2/c13-12-11(14)3-8(5-16-12)9-2-1-7-4-15-6-10(7)9/h2-3,5,7,10,15H,1,4,6H2/t7-,10+/m1/s1. The van der Waals surface area contributed by atoms with Gasteiger partial charge in [0, 0.05) is 18.7 Å². The van der Waals surface area contributed by atoms with E-state index < -0.39 is 0 Å². The van der Waals surface area contributed by atoms with Gasteiger partial charge in [-0.1, -0.05) is 17.7 Å². The summed E-state index contributed by atoms with van der Waals surface area (Å²) in [5.74, 6) is 1.43. The van der Waals surface area contributed by atoms with Gasteiger partial charge < -0.3 is 5.32 Å². The van der Waals surface area contributed by atoms with Crippen molar-refractivity contribution in [3.8, 4) is 0 Å². The molecule has 2 nitrogen and oxygen atoms in total. The summed E-state index contributed by atoms with van der Waals surface area (Å²) in [7, 11) is 0. The number of fused-ring (bicyclic) bond motifs is 1. The smallest absolute Gasteiger partial charge is 0.124 e. The Morgan fingerprint density at radius 3 is 3.12 bits per heavy atom. The molecule has 2 heterocycles. The van der Waals surface area contributed by atoms with E-state index in [1.165, 1.54) is 17.6 Å². The molecule has 3 rings (SSSR count). The molecular weight excluding hydrogens is 288 g/mol. The second kappa shape index (κ2) is 4.13. The quantitative estimate of drug-likeness (QED) is 0.806. The predicted molar refractivity (Wildman–Crippen MR) is 69.4 cm³/mol. The maximum absolute atomic E-state index is 6.08. The van der Waals surface area contributed by atoms with Crippen LogP contribution in [-0.2, 0) is 0 Å². The van der Waals surface area contributed by atoms with Gasteiger partial charge in [0.1, 0.15) is 4.60 Å². The third-order valence-electron chi connectivity index (χ3n) is 3.51. The van der Waals surface area contributed by atoms with Crippen LogP contribution in [0.5, 0.6) is 0 Å². The molecule has 1 N–H and O–H groups in total. The number of halogens is 2. The van der Waals surface area contributed by atoms with Crippen LogP contribution in [0, 0.1) is 11.8 Å². The number of nitrogens with one attached hydrogen (secondary N) is 1. The van der Waals surface area contributed by atoms with E-state index in [0.29, 0.717) is 10.9 Å². The first-order valence-corrected chi connectivity index (χ1v) is 6.65.